The number of thiazole rings is 1. The Kier molecular flexibility index (Phi) is 6.67. The zero-order valence-corrected chi connectivity index (χ0v) is 18.1. The van der Waals surface area contributed by atoms with Gasteiger partial charge in [-0.25, -0.2) is 0 Å². The number of aromatic nitrogens is 1. The first-order valence-electron chi connectivity index (χ1n) is 9.28. The fourth-order valence-corrected chi connectivity index (χ4v) is 4.11. The summed E-state index contributed by atoms with van der Waals surface area (Å²) in [7, 11) is 0. The molecule has 150 valence electrons. The molecule has 5 nitrogen and oxygen atoms in total. The Labute approximate surface area is 178 Å². The average molecular weight is 428 g/mol. The lowest BCUT2D eigenvalue weighted by Crippen LogP contribution is -2.26. The van der Waals surface area contributed by atoms with Gasteiger partial charge in [0.1, 0.15) is 0 Å². The van der Waals surface area contributed by atoms with Crippen LogP contribution in [-0.4, -0.2) is 22.9 Å². The number of halogens is 1. The molecule has 0 bridgehead atoms. The summed E-state index contributed by atoms with van der Waals surface area (Å²) in [5.41, 5.74) is 2.95. The van der Waals surface area contributed by atoms with Crippen molar-refractivity contribution in [3.8, 4) is 0 Å². The number of hydrogen-bond donors (Lipinski definition) is 1. The Morgan fingerprint density at radius 1 is 1.14 bits per heavy atom. The van der Waals surface area contributed by atoms with E-state index in [9.17, 15) is 9.59 Å². The predicted octanol–water partition coefficient (Wildman–Crippen LogP) is 4.36. The van der Waals surface area contributed by atoms with Gasteiger partial charge in [-0.1, -0.05) is 35.9 Å². The Bertz CT molecular complexity index is 1130. The highest BCUT2D eigenvalue weighted by Crippen LogP contribution is 2.16. The zero-order valence-electron chi connectivity index (χ0n) is 16.5. The number of nitrogens with one attached hydrogen (secondary N) is 1. The molecule has 0 saturated heterocycles. The van der Waals surface area contributed by atoms with Crippen molar-refractivity contribution in [1.82, 2.24) is 9.88 Å². The van der Waals surface area contributed by atoms with E-state index >= 15 is 0 Å². The van der Waals surface area contributed by atoms with Gasteiger partial charge in [-0.05, 0) is 50.6 Å². The van der Waals surface area contributed by atoms with Crippen molar-refractivity contribution >= 4 is 34.8 Å². The van der Waals surface area contributed by atoms with Crippen molar-refractivity contribution in [2.24, 2.45) is 4.99 Å². The highest BCUT2D eigenvalue weighted by molar-refractivity contribution is 7.09. The van der Waals surface area contributed by atoms with Crippen LogP contribution in [0.15, 0.2) is 53.5 Å². The van der Waals surface area contributed by atoms with Crippen LogP contribution in [-0.2, 0) is 6.54 Å². The van der Waals surface area contributed by atoms with Crippen molar-refractivity contribution < 1.29 is 9.59 Å². The maximum atomic E-state index is 12.7. The number of carbonyl (C=O) groups is 2. The van der Waals surface area contributed by atoms with Crippen LogP contribution in [0.25, 0.3) is 0 Å². The van der Waals surface area contributed by atoms with Gasteiger partial charge in [0.15, 0.2) is 4.80 Å². The van der Waals surface area contributed by atoms with E-state index < -0.39 is 0 Å². The van der Waals surface area contributed by atoms with Crippen molar-refractivity contribution in [3.05, 3.63) is 85.6 Å². The molecule has 0 aliphatic rings. The summed E-state index contributed by atoms with van der Waals surface area (Å²) in [6.07, 6.45) is 0. The smallest absolute Gasteiger partial charge is 0.279 e. The Hall–Kier alpha value is -2.70. The third kappa shape index (κ3) is 4.83. The fourth-order valence-electron chi connectivity index (χ4n) is 2.95. The first kappa shape index (κ1) is 21.0. The van der Waals surface area contributed by atoms with E-state index in [2.05, 4.69) is 10.3 Å². The molecule has 0 spiro atoms. The molecule has 0 saturated carbocycles. The SMILES string of the molecule is CCNC(=O)c1ccccc1Cn1c(C)c(C)sc1=NC(=O)c1cccc(Cl)c1. The minimum Gasteiger partial charge on any atom is -0.352 e. The summed E-state index contributed by atoms with van der Waals surface area (Å²) in [4.78, 5) is 31.1. The number of benzene rings is 2. The number of carbonyl (C=O) groups excluding carboxylic acids is 2. The Balaban J connectivity index is 2.03. The molecule has 1 aromatic heterocycles. The zero-order chi connectivity index (χ0) is 21.0. The van der Waals surface area contributed by atoms with E-state index in [0.717, 1.165) is 16.1 Å². The van der Waals surface area contributed by atoms with Gasteiger partial charge in [0.25, 0.3) is 11.8 Å². The van der Waals surface area contributed by atoms with E-state index in [1.165, 1.54) is 11.3 Å². The number of rotatable bonds is 5. The Morgan fingerprint density at radius 2 is 1.90 bits per heavy atom. The fraction of sp³-hybridized carbons (Fsp3) is 0.227. The van der Waals surface area contributed by atoms with Crippen LogP contribution < -0.4 is 10.1 Å². The highest BCUT2D eigenvalue weighted by Gasteiger charge is 2.14. The van der Waals surface area contributed by atoms with Gasteiger partial charge in [0.2, 0.25) is 0 Å². The van der Waals surface area contributed by atoms with E-state index in [1.807, 2.05) is 49.6 Å². The van der Waals surface area contributed by atoms with Gasteiger partial charge in [-0.15, -0.1) is 11.3 Å². The van der Waals surface area contributed by atoms with Crippen LogP contribution in [0, 0.1) is 13.8 Å². The predicted molar refractivity (Wildman–Crippen MR) is 117 cm³/mol. The Morgan fingerprint density at radius 3 is 2.62 bits per heavy atom. The largest absolute Gasteiger partial charge is 0.352 e. The maximum absolute atomic E-state index is 12.7. The van der Waals surface area contributed by atoms with E-state index in [4.69, 9.17) is 11.6 Å². The van der Waals surface area contributed by atoms with Crippen LogP contribution in [0.3, 0.4) is 0 Å². The molecule has 2 amide bonds. The lowest BCUT2D eigenvalue weighted by Gasteiger charge is -2.11. The molecule has 0 aliphatic heterocycles. The van der Waals surface area contributed by atoms with Gasteiger partial charge in [-0.2, -0.15) is 4.99 Å². The summed E-state index contributed by atoms with van der Waals surface area (Å²) < 4.78 is 1.97. The first-order valence-corrected chi connectivity index (χ1v) is 10.5. The summed E-state index contributed by atoms with van der Waals surface area (Å²) in [5, 5.41) is 3.34. The number of hydrogen-bond acceptors (Lipinski definition) is 3. The molecule has 0 atom stereocenters. The monoisotopic (exact) mass is 427 g/mol. The third-order valence-corrected chi connectivity index (χ3v) is 5.92. The molecule has 29 heavy (non-hydrogen) atoms. The van der Waals surface area contributed by atoms with Crippen LogP contribution in [0.1, 0.15) is 43.8 Å². The maximum Gasteiger partial charge on any atom is 0.279 e. The molecule has 0 unspecified atom stereocenters. The molecule has 3 rings (SSSR count). The number of nitrogens with zero attached hydrogens (tertiary/aromatic N) is 2. The molecule has 1 N–H and O–H groups in total. The quantitative estimate of drug-likeness (QED) is 0.657. The summed E-state index contributed by atoms with van der Waals surface area (Å²) in [5.74, 6) is -0.457. The third-order valence-electron chi connectivity index (χ3n) is 4.59. The lowest BCUT2D eigenvalue weighted by molar-refractivity contribution is 0.0953. The molecule has 0 aliphatic carbocycles. The van der Waals surface area contributed by atoms with Crippen molar-refractivity contribution in [2.45, 2.75) is 27.3 Å². The lowest BCUT2D eigenvalue weighted by atomic mass is 10.1. The molecule has 0 radical (unpaired) electrons. The second-order valence-electron chi connectivity index (χ2n) is 6.56. The molecule has 3 aromatic rings. The van der Waals surface area contributed by atoms with Crippen molar-refractivity contribution in [3.63, 3.8) is 0 Å². The summed E-state index contributed by atoms with van der Waals surface area (Å²) >= 11 is 7.45. The van der Waals surface area contributed by atoms with Crippen LogP contribution >= 0.6 is 22.9 Å². The number of amides is 2. The van der Waals surface area contributed by atoms with Crippen LogP contribution in [0.5, 0.6) is 0 Å². The van der Waals surface area contributed by atoms with E-state index in [-0.39, 0.29) is 11.8 Å². The average Bonchev–Trinajstić information content (AvgIpc) is 2.96. The molecule has 7 heteroatoms. The van der Waals surface area contributed by atoms with Gasteiger partial charge in [0.05, 0.1) is 6.54 Å². The first-order chi connectivity index (χ1) is 13.9. The number of aryl methyl sites for hydroxylation is 1. The minimum absolute atomic E-state index is 0.109. The molecule has 0 fully saturated rings. The van der Waals surface area contributed by atoms with Crippen molar-refractivity contribution in [2.75, 3.05) is 6.54 Å². The van der Waals surface area contributed by atoms with Gasteiger partial charge in [0, 0.05) is 33.3 Å². The van der Waals surface area contributed by atoms with Gasteiger partial charge in [-0.3, -0.25) is 9.59 Å². The molecular weight excluding hydrogens is 406 g/mol. The standard InChI is InChI=1S/C22H22ClN3O2S/c1-4-24-21(28)19-11-6-5-8-17(19)13-26-14(2)15(3)29-22(26)25-20(27)16-9-7-10-18(23)12-16/h5-12H,4,13H2,1-3H3,(H,24,28). The molecule has 2 aromatic carbocycles. The van der Waals surface area contributed by atoms with E-state index in [0.29, 0.717) is 34.0 Å². The highest BCUT2D eigenvalue weighted by atomic mass is 35.5. The van der Waals surface area contributed by atoms with Gasteiger partial charge >= 0.3 is 0 Å². The summed E-state index contributed by atoms with van der Waals surface area (Å²) in [6, 6.07) is 14.2. The second-order valence-corrected chi connectivity index (χ2v) is 8.17. The topological polar surface area (TPSA) is 63.5 Å². The van der Waals surface area contributed by atoms with Gasteiger partial charge < -0.3 is 9.88 Å². The summed E-state index contributed by atoms with van der Waals surface area (Å²) in [6.45, 7) is 6.88. The second kappa shape index (κ2) is 9.20. The minimum atomic E-state index is -0.348. The normalized spacial score (nSPS) is 11.5. The molecular formula is C22H22ClN3O2S. The van der Waals surface area contributed by atoms with E-state index in [1.54, 1.807) is 24.3 Å². The van der Waals surface area contributed by atoms with Crippen LogP contribution in [0.4, 0.5) is 0 Å². The van der Waals surface area contributed by atoms with Crippen molar-refractivity contribution in [1.29, 1.82) is 0 Å². The molecule has 1 heterocycles. The van der Waals surface area contributed by atoms with Crippen LogP contribution in [0.2, 0.25) is 5.02 Å².